The summed E-state index contributed by atoms with van der Waals surface area (Å²) >= 11 is 0. The van der Waals surface area contributed by atoms with Crippen LogP contribution in [0.3, 0.4) is 0 Å². The van der Waals surface area contributed by atoms with Crippen LogP contribution in [0.5, 0.6) is 0 Å². The van der Waals surface area contributed by atoms with Gasteiger partial charge in [0.15, 0.2) is 0 Å². The normalized spacial score (nSPS) is 26.6. The van der Waals surface area contributed by atoms with Crippen molar-refractivity contribution in [3.05, 3.63) is 22.6 Å². The van der Waals surface area contributed by atoms with Crippen molar-refractivity contribution >= 4 is 0 Å². The molecule has 0 saturated heterocycles. The van der Waals surface area contributed by atoms with Crippen LogP contribution in [-0.2, 0) is 17.3 Å². The fourth-order valence-electron chi connectivity index (χ4n) is 4.16. The maximum Gasteiger partial charge on any atom is 0.113 e. The second-order valence-electron chi connectivity index (χ2n) is 8.65. The van der Waals surface area contributed by atoms with E-state index in [1.54, 1.807) is 11.1 Å². The highest BCUT2D eigenvalue weighted by Crippen LogP contribution is 2.54. The first-order chi connectivity index (χ1) is 8.69. The molecule has 19 heavy (non-hydrogen) atoms. The predicted molar refractivity (Wildman–Crippen MR) is 79.9 cm³/mol. The molecule has 1 aromatic heterocycles. The third kappa shape index (κ3) is 1.97. The Kier molecular flexibility index (Phi) is 2.72. The Morgan fingerprint density at radius 2 is 1.53 bits per heavy atom. The summed E-state index contributed by atoms with van der Waals surface area (Å²) in [5.41, 5.74) is 3.45. The Hall–Kier alpha value is -0.720. The van der Waals surface area contributed by atoms with Gasteiger partial charge in [-0.2, -0.15) is 0 Å². The van der Waals surface area contributed by atoms with E-state index in [-0.39, 0.29) is 10.8 Å². The van der Waals surface area contributed by atoms with Crippen LogP contribution in [0, 0.1) is 5.92 Å². The second kappa shape index (κ2) is 3.90. The summed E-state index contributed by atoms with van der Waals surface area (Å²) in [7, 11) is 0. The van der Waals surface area contributed by atoms with Crippen LogP contribution in [-0.4, -0.2) is 0 Å². The highest BCUT2D eigenvalue weighted by atomic mass is 16.3. The van der Waals surface area contributed by atoms with Gasteiger partial charge in [0.05, 0.1) is 0 Å². The van der Waals surface area contributed by atoms with Crippen molar-refractivity contribution < 1.29 is 4.42 Å². The lowest BCUT2D eigenvalue weighted by Gasteiger charge is -2.22. The Morgan fingerprint density at radius 3 is 2.11 bits per heavy atom. The molecule has 1 heterocycles. The first-order valence-corrected chi connectivity index (χ1v) is 7.86. The molecule has 106 valence electrons. The van der Waals surface area contributed by atoms with Crippen molar-refractivity contribution in [1.82, 2.24) is 0 Å². The number of hydrogen-bond donors (Lipinski definition) is 0. The van der Waals surface area contributed by atoms with Crippen LogP contribution in [0.1, 0.15) is 89.4 Å². The minimum absolute atomic E-state index is 0.130. The summed E-state index contributed by atoms with van der Waals surface area (Å²) in [6, 6.07) is 0. The van der Waals surface area contributed by atoms with E-state index in [1.165, 1.54) is 37.2 Å². The molecule has 1 heteroatoms. The molecule has 0 radical (unpaired) electrons. The minimum atomic E-state index is 0.130. The van der Waals surface area contributed by atoms with E-state index >= 15 is 0 Å². The number of fused-ring (bicyclic) bond motifs is 3. The van der Waals surface area contributed by atoms with Crippen LogP contribution in [0.4, 0.5) is 0 Å². The quantitative estimate of drug-likeness (QED) is 0.615. The first-order valence-electron chi connectivity index (χ1n) is 7.86. The Bertz CT molecular complexity index is 493. The predicted octanol–water partition coefficient (Wildman–Crippen LogP) is 5.31. The van der Waals surface area contributed by atoms with Crippen LogP contribution < -0.4 is 0 Å². The molecule has 2 unspecified atom stereocenters. The molecule has 1 fully saturated rings. The third-order valence-corrected chi connectivity index (χ3v) is 4.91. The topological polar surface area (TPSA) is 13.1 Å². The molecule has 0 aromatic carbocycles. The second-order valence-corrected chi connectivity index (χ2v) is 8.65. The van der Waals surface area contributed by atoms with Gasteiger partial charge >= 0.3 is 0 Å². The summed E-state index contributed by atoms with van der Waals surface area (Å²) in [6.45, 7) is 13.7. The summed E-state index contributed by atoms with van der Waals surface area (Å²) in [6.07, 6.45) is 5.48. The van der Waals surface area contributed by atoms with Crippen LogP contribution in [0.15, 0.2) is 4.42 Å². The van der Waals surface area contributed by atoms with Crippen molar-refractivity contribution in [2.75, 3.05) is 0 Å². The first kappa shape index (κ1) is 13.3. The largest absolute Gasteiger partial charge is 0.464 e. The lowest BCUT2D eigenvalue weighted by molar-refractivity contribution is 0.330. The summed E-state index contributed by atoms with van der Waals surface area (Å²) < 4.78 is 6.42. The van der Waals surface area contributed by atoms with Crippen molar-refractivity contribution in [3.63, 3.8) is 0 Å². The van der Waals surface area contributed by atoms with Crippen molar-refractivity contribution in [3.8, 4) is 0 Å². The van der Waals surface area contributed by atoms with Gasteiger partial charge < -0.3 is 4.42 Å². The van der Waals surface area contributed by atoms with Gasteiger partial charge in [0.25, 0.3) is 0 Å². The Labute approximate surface area is 117 Å². The van der Waals surface area contributed by atoms with Gasteiger partial charge in [-0.05, 0) is 36.7 Å². The zero-order valence-corrected chi connectivity index (χ0v) is 13.4. The van der Waals surface area contributed by atoms with Gasteiger partial charge in [-0.3, -0.25) is 0 Å². The minimum Gasteiger partial charge on any atom is -0.464 e. The van der Waals surface area contributed by atoms with Crippen LogP contribution >= 0.6 is 0 Å². The average molecular weight is 260 g/mol. The van der Waals surface area contributed by atoms with Crippen molar-refractivity contribution in [2.24, 2.45) is 5.92 Å². The molecular weight excluding hydrogens is 232 g/mol. The lowest BCUT2D eigenvalue weighted by Crippen LogP contribution is -2.15. The lowest BCUT2D eigenvalue weighted by atomic mass is 9.85. The van der Waals surface area contributed by atoms with E-state index in [4.69, 9.17) is 4.42 Å². The van der Waals surface area contributed by atoms with Gasteiger partial charge in [0.1, 0.15) is 11.5 Å². The van der Waals surface area contributed by atoms with E-state index in [0.29, 0.717) is 0 Å². The molecule has 1 saturated carbocycles. The zero-order valence-electron chi connectivity index (χ0n) is 13.4. The van der Waals surface area contributed by atoms with Crippen LogP contribution in [0.2, 0.25) is 0 Å². The van der Waals surface area contributed by atoms with E-state index in [1.807, 2.05) is 0 Å². The SMILES string of the molecule is CC(C)(C)c1oc(C(C)(C)C)c2c1CC1CCCC21. The Balaban J connectivity index is 2.18. The standard InChI is InChI=1S/C18H28O/c1-17(2,3)15-13-10-11-8-7-9-12(11)14(13)16(19-15)18(4,5)6/h11-12H,7-10H2,1-6H3. The van der Waals surface area contributed by atoms with E-state index in [0.717, 1.165) is 11.8 Å². The number of rotatable bonds is 0. The monoisotopic (exact) mass is 260 g/mol. The van der Waals surface area contributed by atoms with Crippen molar-refractivity contribution in [1.29, 1.82) is 0 Å². The molecule has 1 nitrogen and oxygen atoms in total. The fourth-order valence-corrected chi connectivity index (χ4v) is 4.16. The van der Waals surface area contributed by atoms with Gasteiger partial charge in [-0.15, -0.1) is 0 Å². The molecule has 1 aromatic rings. The zero-order chi connectivity index (χ0) is 14.0. The van der Waals surface area contributed by atoms with E-state index in [9.17, 15) is 0 Å². The average Bonchev–Trinajstić information content (AvgIpc) is 2.80. The van der Waals surface area contributed by atoms with Crippen molar-refractivity contribution in [2.45, 2.75) is 84.0 Å². The number of hydrogen-bond acceptors (Lipinski definition) is 1. The maximum absolute atomic E-state index is 6.42. The van der Waals surface area contributed by atoms with Crippen LogP contribution in [0.25, 0.3) is 0 Å². The molecular formula is C18H28O. The smallest absolute Gasteiger partial charge is 0.113 e. The molecule has 0 amide bonds. The van der Waals surface area contributed by atoms with Gasteiger partial charge in [-0.1, -0.05) is 48.0 Å². The molecule has 2 aliphatic rings. The molecule has 0 aliphatic heterocycles. The van der Waals surface area contributed by atoms with Gasteiger partial charge in [0.2, 0.25) is 0 Å². The molecule has 3 rings (SSSR count). The molecule has 2 atom stereocenters. The van der Waals surface area contributed by atoms with E-state index in [2.05, 4.69) is 41.5 Å². The number of furan rings is 1. The summed E-state index contributed by atoms with van der Waals surface area (Å²) in [5.74, 6) is 4.25. The maximum atomic E-state index is 6.42. The molecule has 0 spiro atoms. The third-order valence-electron chi connectivity index (χ3n) is 4.91. The molecule has 0 bridgehead atoms. The van der Waals surface area contributed by atoms with E-state index < -0.39 is 0 Å². The summed E-state index contributed by atoms with van der Waals surface area (Å²) in [5, 5.41) is 0. The fraction of sp³-hybridized carbons (Fsp3) is 0.778. The van der Waals surface area contributed by atoms with Gasteiger partial charge in [-0.25, -0.2) is 0 Å². The van der Waals surface area contributed by atoms with Gasteiger partial charge in [0, 0.05) is 16.4 Å². The molecule has 0 N–H and O–H groups in total. The highest BCUT2D eigenvalue weighted by Gasteiger charge is 2.45. The highest BCUT2D eigenvalue weighted by molar-refractivity contribution is 5.46. The Morgan fingerprint density at radius 1 is 0.895 bits per heavy atom. The molecule has 2 aliphatic carbocycles. The summed E-state index contributed by atoms with van der Waals surface area (Å²) in [4.78, 5) is 0.